The van der Waals surface area contributed by atoms with Gasteiger partial charge in [-0.2, -0.15) is 0 Å². The third-order valence-electron chi connectivity index (χ3n) is 4.95. The first-order chi connectivity index (χ1) is 9.24. The Labute approximate surface area is 122 Å². The van der Waals surface area contributed by atoms with Crippen LogP contribution in [0.5, 0.6) is 0 Å². The van der Waals surface area contributed by atoms with Gasteiger partial charge in [0.2, 0.25) is 5.91 Å². The number of carbonyl (C=O) groups is 1. The molecule has 1 N–H and O–H groups in total. The summed E-state index contributed by atoms with van der Waals surface area (Å²) in [4.78, 5) is 14.4. The fraction of sp³-hybridized carbons (Fsp3) is 0.929. The highest BCUT2D eigenvalue weighted by atomic mass is 32.2. The van der Waals surface area contributed by atoms with Crippen molar-refractivity contribution >= 4 is 15.7 Å². The second-order valence-corrected chi connectivity index (χ2v) is 8.97. The van der Waals surface area contributed by atoms with E-state index in [1.54, 1.807) is 11.9 Å². The van der Waals surface area contributed by atoms with E-state index in [4.69, 9.17) is 0 Å². The standard InChI is InChI=1S/C14H26N2O3S/c1-14(2,11-5-4-7-15-9-11)13(17)16(3)12-6-8-20(18,19)10-12/h11-12,15H,4-10H2,1-3H3. The summed E-state index contributed by atoms with van der Waals surface area (Å²) in [7, 11) is -1.19. The molecular weight excluding hydrogens is 276 g/mol. The number of carbonyl (C=O) groups excluding carboxylic acids is 1. The van der Waals surface area contributed by atoms with E-state index >= 15 is 0 Å². The molecule has 116 valence electrons. The van der Waals surface area contributed by atoms with Gasteiger partial charge in [0.1, 0.15) is 0 Å². The normalized spacial score (nSPS) is 30.1. The maximum atomic E-state index is 12.8. The Morgan fingerprint density at radius 3 is 2.50 bits per heavy atom. The Balaban J connectivity index is 2.05. The zero-order chi connectivity index (χ0) is 15.0. The lowest BCUT2D eigenvalue weighted by molar-refractivity contribution is -0.144. The van der Waals surface area contributed by atoms with E-state index in [9.17, 15) is 13.2 Å². The molecule has 2 unspecified atom stereocenters. The number of rotatable bonds is 3. The molecule has 1 amide bonds. The van der Waals surface area contributed by atoms with Crippen LogP contribution in [0.4, 0.5) is 0 Å². The zero-order valence-corrected chi connectivity index (χ0v) is 13.5. The Bertz CT molecular complexity index is 467. The molecule has 2 saturated heterocycles. The minimum absolute atomic E-state index is 0.0771. The lowest BCUT2D eigenvalue weighted by Crippen LogP contribution is -2.50. The van der Waals surface area contributed by atoms with Gasteiger partial charge in [0.05, 0.1) is 11.5 Å². The molecule has 2 aliphatic heterocycles. The summed E-state index contributed by atoms with van der Waals surface area (Å²) in [6, 6.07) is -0.150. The molecule has 6 heteroatoms. The molecule has 0 saturated carbocycles. The second-order valence-electron chi connectivity index (χ2n) is 6.74. The van der Waals surface area contributed by atoms with E-state index < -0.39 is 15.3 Å². The van der Waals surface area contributed by atoms with Gasteiger partial charge >= 0.3 is 0 Å². The predicted octanol–water partition coefficient (Wildman–Crippen LogP) is 0.658. The quantitative estimate of drug-likeness (QED) is 0.831. The van der Waals surface area contributed by atoms with Gasteiger partial charge in [-0.15, -0.1) is 0 Å². The molecule has 0 aromatic rings. The summed E-state index contributed by atoms with van der Waals surface area (Å²) in [6.45, 7) is 5.88. The Kier molecular flexibility index (Phi) is 4.44. The molecule has 0 bridgehead atoms. The smallest absolute Gasteiger partial charge is 0.228 e. The van der Waals surface area contributed by atoms with E-state index in [0.29, 0.717) is 12.3 Å². The molecule has 0 aromatic carbocycles. The summed E-state index contributed by atoms with van der Waals surface area (Å²) in [6.07, 6.45) is 2.73. The predicted molar refractivity (Wildman–Crippen MR) is 79.2 cm³/mol. The van der Waals surface area contributed by atoms with Crippen molar-refractivity contribution in [3.8, 4) is 0 Å². The van der Waals surface area contributed by atoms with Crippen LogP contribution in [0.3, 0.4) is 0 Å². The Hall–Kier alpha value is -0.620. The van der Waals surface area contributed by atoms with Crippen LogP contribution in [-0.4, -0.2) is 56.9 Å². The fourth-order valence-electron chi connectivity index (χ4n) is 3.34. The van der Waals surface area contributed by atoms with Crippen molar-refractivity contribution in [2.24, 2.45) is 11.3 Å². The van der Waals surface area contributed by atoms with E-state index in [0.717, 1.165) is 25.9 Å². The fourth-order valence-corrected chi connectivity index (χ4v) is 5.12. The van der Waals surface area contributed by atoms with Crippen LogP contribution in [0.25, 0.3) is 0 Å². The molecule has 0 aliphatic carbocycles. The highest BCUT2D eigenvalue weighted by molar-refractivity contribution is 7.91. The number of hydrogen-bond donors (Lipinski definition) is 1. The van der Waals surface area contributed by atoms with Gasteiger partial charge in [0.15, 0.2) is 9.84 Å². The van der Waals surface area contributed by atoms with Crippen LogP contribution in [0, 0.1) is 11.3 Å². The first-order valence-electron chi connectivity index (χ1n) is 7.42. The topological polar surface area (TPSA) is 66.5 Å². The van der Waals surface area contributed by atoms with Gasteiger partial charge in [-0.25, -0.2) is 8.42 Å². The van der Waals surface area contributed by atoms with E-state index in [-0.39, 0.29) is 23.5 Å². The molecule has 2 aliphatic rings. The van der Waals surface area contributed by atoms with Gasteiger partial charge in [0.25, 0.3) is 0 Å². The van der Waals surface area contributed by atoms with Crippen LogP contribution in [0.15, 0.2) is 0 Å². The third kappa shape index (κ3) is 3.17. The highest BCUT2D eigenvalue weighted by Crippen LogP contribution is 2.34. The van der Waals surface area contributed by atoms with Crippen molar-refractivity contribution in [2.75, 3.05) is 31.6 Å². The molecule has 2 fully saturated rings. The first kappa shape index (κ1) is 15.8. The van der Waals surface area contributed by atoms with Gasteiger partial charge in [-0.1, -0.05) is 13.8 Å². The number of amides is 1. The van der Waals surface area contributed by atoms with Gasteiger partial charge in [-0.3, -0.25) is 4.79 Å². The largest absolute Gasteiger partial charge is 0.341 e. The lowest BCUT2D eigenvalue weighted by Gasteiger charge is -2.40. The average molecular weight is 302 g/mol. The van der Waals surface area contributed by atoms with Crippen LogP contribution in [-0.2, 0) is 14.6 Å². The molecule has 2 rings (SSSR count). The summed E-state index contributed by atoms with van der Waals surface area (Å²) >= 11 is 0. The number of nitrogens with zero attached hydrogens (tertiary/aromatic N) is 1. The number of nitrogens with one attached hydrogen (secondary N) is 1. The van der Waals surface area contributed by atoms with Crippen molar-refractivity contribution < 1.29 is 13.2 Å². The SMILES string of the molecule is CN(C(=O)C(C)(C)C1CCCNC1)C1CCS(=O)(=O)C1. The zero-order valence-electron chi connectivity index (χ0n) is 12.7. The van der Waals surface area contributed by atoms with Gasteiger partial charge in [-0.05, 0) is 38.3 Å². The molecule has 20 heavy (non-hydrogen) atoms. The summed E-state index contributed by atoms with van der Waals surface area (Å²) in [5, 5.41) is 3.35. The Morgan fingerprint density at radius 2 is 2.00 bits per heavy atom. The number of hydrogen-bond acceptors (Lipinski definition) is 4. The van der Waals surface area contributed by atoms with Crippen LogP contribution in [0.1, 0.15) is 33.1 Å². The Morgan fingerprint density at radius 1 is 1.30 bits per heavy atom. The molecule has 0 aromatic heterocycles. The number of piperidine rings is 1. The minimum Gasteiger partial charge on any atom is -0.341 e. The van der Waals surface area contributed by atoms with E-state index in [1.807, 2.05) is 13.8 Å². The molecular formula is C14H26N2O3S. The molecule has 2 atom stereocenters. The summed E-state index contributed by atoms with van der Waals surface area (Å²) < 4.78 is 23.1. The van der Waals surface area contributed by atoms with Crippen LogP contribution >= 0.6 is 0 Å². The molecule has 0 radical (unpaired) electrons. The summed E-state index contributed by atoms with van der Waals surface area (Å²) in [5.41, 5.74) is -0.436. The van der Waals surface area contributed by atoms with Crippen molar-refractivity contribution in [1.29, 1.82) is 0 Å². The maximum Gasteiger partial charge on any atom is 0.228 e. The number of sulfone groups is 1. The molecule has 2 heterocycles. The van der Waals surface area contributed by atoms with E-state index in [2.05, 4.69) is 5.32 Å². The molecule has 0 spiro atoms. The van der Waals surface area contributed by atoms with Crippen molar-refractivity contribution in [3.63, 3.8) is 0 Å². The maximum absolute atomic E-state index is 12.8. The minimum atomic E-state index is -2.95. The van der Waals surface area contributed by atoms with Crippen molar-refractivity contribution in [1.82, 2.24) is 10.2 Å². The van der Waals surface area contributed by atoms with Crippen LogP contribution in [0.2, 0.25) is 0 Å². The van der Waals surface area contributed by atoms with Crippen molar-refractivity contribution in [2.45, 2.75) is 39.2 Å². The first-order valence-corrected chi connectivity index (χ1v) is 9.24. The highest BCUT2D eigenvalue weighted by Gasteiger charge is 2.42. The molecule has 5 nitrogen and oxygen atoms in total. The second kappa shape index (κ2) is 5.64. The summed E-state index contributed by atoms with van der Waals surface area (Å²) in [5.74, 6) is 0.729. The van der Waals surface area contributed by atoms with Gasteiger partial charge < -0.3 is 10.2 Å². The van der Waals surface area contributed by atoms with Crippen molar-refractivity contribution in [3.05, 3.63) is 0 Å². The monoisotopic (exact) mass is 302 g/mol. The van der Waals surface area contributed by atoms with Crippen LogP contribution < -0.4 is 5.32 Å². The third-order valence-corrected chi connectivity index (χ3v) is 6.70. The van der Waals surface area contributed by atoms with E-state index in [1.165, 1.54) is 0 Å². The van der Waals surface area contributed by atoms with Gasteiger partial charge in [0, 0.05) is 18.5 Å². The average Bonchev–Trinajstić information content (AvgIpc) is 2.78. The lowest BCUT2D eigenvalue weighted by atomic mass is 9.74.